The maximum atomic E-state index is 11.8. The van der Waals surface area contributed by atoms with Gasteiger partial charge in [-0.15, -0.1) is 0 Å². The Balaban J connectivity index is 2.73. The van der Waals surface area contributed by atoms with E-state index in [2.05, 4.69) is 0 Å². The van der Waals surface area contributed by atoms with Gasteiger partial charge in [-0.3, -0.25) is 4.79 Å². The zero-order valence-corrected chi connectivity index (χ0v) is 6.84. The third-order valence-corrected chi connectivity index (χ3v) is 2.48. The molecule has 1 saturated carbocycles. The Kier molecular flexibility index (Phi) is 1.94. The molecule has 1 rings (SSSR count). The molecule has 4 heteroatoms. The first-order valence-electron chi connectivity index (χ1n) is 3.63. The smallest absolute Gasteiger partial charge is 0.307 e. The second-order valence-corrected chi connectivity index (χ2v) is 3.62. The summed E-state index contributed by atoms with van der Waals surface area (Å²) in [4.78, 5) is 10.5. The van der Waals surface area contributed by atoms with Crippen LogP contribution in [0, 0.1) is 17.3 Å². The Hall–Kier alpha value is -0.930. The molecule has 0 amide bonds. The van der Waals surface area contributed by atoms with Crippen LogP contribution >= 0.6 is 0 Å². The summed E-state index contributed by atoms with van der Waals surface area (Å²) in [6, 6.07) is 0. The minimum absolute atomic E-state index is 0.514. The Bertz CT molecular complexity index is 241. The van der Waals surface area contributed by atoms with Crippen molar-refractivity contribution in [3.63, 3.8) is 0 Å². The maximum absolute atomic E-state index is 11.8. The van der Waals surface area contributed by atoms with Crippen LogP contribution in [0.15, 0.2) is 12.2 Å². The molecule has 0 aromatic rings. The summed E-state index contributed by atoms with van der Waals surface area (Å²) >= 11 is 0. The van der Waals surface area contributed by atoms with Crippen molar-refractivity contribution >= 4 is 5.97 Å². The summed E-state index contributed by atoms with van der Waals surface area (Å²) in [5, 5.41) is 8.60. The molecule has 1 aliphatic rings. The minimum atomic E-state index is -1.79. The number of carbonyl (C=O) groups is 1. The normalized spacial score (nSPS) is 31.0. The zero-order chi connectivity index (χ0) is 9.52. The molecule has 2 atom stereocenters. The molecule has 0 aromatic heterocycles. The lowest BCUT2D eigenvalue weighted by atomic mass is 10.1. The topological polar surface area (TPSA) is 37.3 Å². The van der Waals surface area contributed by atoms with Crippen LogP contribution in [0.25, 0.3) is 0 Å². The van der Waals surface area contributed by atoms with Gasteiger partial charge in [-0.2, -0.15) is 8.78 Å². The molecule has 0 spiro atoms. The Morgan fingerprint density at radius 2 is 2.00 bits per heavy atom. The standard InChI is InChI=1S/C8H10F2O2/c1-8(2)4(3-5(9)10)6(8)7(11)12/h3-4,6H,1-2H3,(H,11,12)/t4-,6-/m0/s1. The molecule has 0 saturated heterocycles. The highest BCUT2D eigenvalue weighted by atomic mass is 19.3. The van der Waals surface area contributed by atoms with Crippen LogP contribution in [-0.2, 0) is 4.79 Å². The molecule has 12 heavy (non-hydrogen) atoms. The van der Waals surface area contributed by atoms with Crippen LogP contribution in [0.1, 0.15) is 13.8 Å². The van der Waals surface area contributed by atoms with Gasteiger partial charge < -0.3 is 5.11 Å². The van der Waals surface area contributed by atoms with E-state index in [1.807, 2.05) is 0 Å². The van der Waals surface area contributed by atoms with Crippen LogP contribution in [0.2, 0.25) is 0 Å². The van der Waals surface area contributed by atoms with E-state index >= 15 is 0 Å². The van der Waals surface area contributed by atoms with Gasteiger partial charge >= 0.3 is 5.97 Å². The predicted octanol–water partition coefficient (Wildman–Crippen LogP) is 2.12. The fraction of sp³-hybridized carbons (Fsp3) is 0.625. The SMILES string of the molecule is CC1(C)[C@H](C(=O)O)[C@@H]1C=C(F)F. The van der Waals surface area contributed by atoms with E-state index < -0.39 is 29.3 Å². The van der Waals surface area contributed by atoms with E-state index in [4.69, 9.17) is 5.11 Å². The van der Waals surface area contributed by atoms with Gasteiger partial charge in [-0.25, -0.2) is 0 Å². The van der Waals surface area contributed by atoms with Gasteiger partial charge in [0, 0.05) is 5.92 Å². The molecule has 0 heterocycles. The molecule has 1 fully saturated rings. The van der Waals surface area contributed by atoms with Crippen molar-refractivity contribution < 1.29 is 18.7 Å². The lowest BCUT2D eigenvalue weighted by Crippen LogP contribution is -2.02. The number of carboxylic acids is 1. The van der Waals surface area contributed by atoms with E-state index in [0.29, 0.717) is 0 Å². The highest BCUT2D eigenvalue weighted by Gasteiger charge is 2.61. The van der Waals surface area contributed by atoms with E-state index in [9.17, 15) is 13.6 Å². The molecule has 68 valence electrons. The molecular formula is C8H10F2O2. The molecule has 2 nitrogen and oxygen atoms in total. The summed E-state index contributed by atoms with van der Waals surface area (Å²) in [5.41, 5.74) is -0.519. The van der Waals surface area contributed by atoms with Crippen molar-refractivity contribution in [1.82, 2.24) is 0 Å². The van der Waals surface area contributed by atoms with Gasteiger partial charge in [-0.05, 0) is 11.5 Å². The fourth-order valence-corrected chi connectivity index (χ4v) is 1.60. The van der Waals surface area contributed by atoms with Crippen LogP contribution < -0.4 is 0 Å². The van der Waals surface area contributed by atoms with E-state index in [0.717, 1.165) is 6.08 Å². The summed E-state index contributed by atoms with van der Waals surface area (Å²) in [5.74, 6) is -2.17. The van der Waals surface area contributed by atoms with Crippen LogP contribution in [-0.4, -0.2) is 11.1 Å². The van der Waals surface area contributed by atoms with Gasteiger partial charge in [0.15, 0.2) is 0 Å². The van der Waals surface area contributed by atoms with Gasteiger partial charge in [0.2, 0.25) is 0 Å². The number of halogens is 2. The molecule has 1 aliphatic carbocycles. The van der Waals surface area contributed by atoms with Gasteiger partial charge in [0.05, 0.1) is 5.92 Å². The number of hydrogen-bond acceptors (Lipinski definition) is 1. The van der Waals surface area contributed by atoms with Crippen molar-refractivity contribution in [2.45, 2.75) is 13.8 Å². The number of carboxylic acid groups (broad SMARTS) is 1. The molecule has 0 aromatic carbocycles. The Labute approximate surface area is 68.9 Å². The number of rotatable bonds is 2. The number of aliphatic carboxylic acids is 1. The first-order valence-corrected chi connectivity index (χ1v) is 3.63. The highest BCUT2D eigenvalue weighted by Crippen LogP contribution is 2.59. The summed E-state index contributed by atoms with van der Waals surface area (Å²) in [6.45, 7) is 3.35. The van der Waals surface area contributed by atoms with E-state index in [1.54, 1.807) is 13.8 Å². The van der Waals surface area contributed by atoms with Crippen molar-refractivity contribution in [3.05, 3.63) is 12.2 Å². The van der Waals surface area contributed by atoms with Crippen LogP contribution in [0.4, 0.5) is 8.78 Å². The second kappa shape index (κ2) is 2.54. The number of allylic oxidation sites excluding steroid dienone is 1. The van der Waals surface area contributed by atoms with Crippen molar-refractivity contribution in [2.75, 3.05) is 0 Å². The van der Waals surface area contributed by atoms with Gasteiger partial charge in [0.1, 0.15) is 0 Å². The molecule has 0 bridgehead atoms. The maximum Gasteiger partial charge on any atom is 0.307 e. The fourth-order valence-electron chi connectivity index (χ4n) is 1.60. The monoisotopic (exact) mass is 176 g/mol. The molecule has 0 aliphatic heterocycles. The molecule has 0 radical (unpaired) electrons. The predicted molar refractivity (Wildman–Crippen MR) is 38.7 cm³/mol. The Morgan fingerprint density at radius 1 is 1.50 bits per heavy atom. The van der Waals surface area contributed by atoms with E-state index in [1.165, 1.54) is 0 Å². The first kappa shape index (κ1) is 9.16. The second-order valence-electron chi connectivity index (χ2n) is 3.62. The van der Waals surface area contributed by atoms with E-state index in [-0.39, 0.29) is 0 Å². The average Bonchev–Trinajstić information content (AvgIpc) is 2.32. The molecule has 0 unspecified atom stereocenters. The van der Waals surface area contributed by atoms with Crippen LogP contribution in [0.5, 0.6) is 0 Å². The average molecular weight is 176 g/mol. The summed E-state index contributed by atoms with van der Waals surface area (Å²) < 4.78 is 23.5. The van der Waals surface area contributed by atoms with Crippen molar-refractivity contribution in [3.8, 4) is 0 Å². The molecular weight excluding hydrogens is 166 g/mol. The summed E-state index contributed by atoms with van der Waals surface area (Å²) in [7, 11) is 0. The lowest BCUT2D eigenvalue weighted by Gasteiger charge is -1.95. The van der Waals surface area contributed by atoms with Crippen molar-refractivity contribution in [1.29, 1.82) is 0 Å². The lowest BCUT2D eigenvalue weighted by molar-refractivity contribution is -0.139. The minimum Gasteiger partial charge on any atom is -0.481 e. The Morgan fingerprint density at radius 3 is 2.25 bits per heavy atom. The third kappa shape index (κ3) is 1.33. The highest BCUT2D eigenvalue weighted by molar-refractivity contribution is 5.76. The van der Waals surface area contributed by atoms with Crippen molar-refractivity contribution in [2.24, 2.45) is 17.3 Å². The zero-order valence-electron chi connectivity index (χ0n) is 6.84. The summed E-state index contributed by atoms with van der Waals surface area (Å²) in [6.07, 6.45) is -1.06. The third-order valence-electron chi connectivity index (χ3n) is 2.48. The largest absolute Gasteiger partial charge is 0.481 e. The molecule has 1 N–H and O–H groups in total. The van der Waals surface area contributed by atoms with Crippen LogP contribution in [0.3, 0.4) is 0 Å². The number of hydrogen-bond donors (Lipinski definition) is 1. The van der Waals surface area contributed by atoms with Gasteiger partial charge in [0.25, 0.3) is 6.08 Å². The van der Waals surface area contributed by atoms with Gasteiger partial charge in [-0.1, -0.05) is 13.8 Å². The quantitative estimate of drug-likeness (QED) is 0.699. The first-order chi connectivity index (χ1) is 5.37.